The summed E-state index contributed by atoms with van der Waals surface area (Å²) >= 11 is 0. The smallest absolute Gasteiger partial charge is 0.243 e. The first kappa shape index (κ1) is 52.9. The van der Waals surface area contributed by atoms with Crippen molar-refractivity contribution >= 4 is 69.1 Å². The second-order valence-electron chi connectivity index (χ2n) is 17.7. The number of aromatic amines is 3. The molecule has 3 aromatic carbocycles. The van der Waals surface area contributed by atoms with Gasteiger partial charge in [-0.25, -0.2) is 4.98 Å². The number of hydrogen-bond donors (Lipinski definition) is 12. The molecule has 0 saturated carbocycles. The van der Waals surface area contributed by atoms with Gasteiger partial charge in [-0.15, -0.1) is 0 Å². The summed E-state index contributed by atoms with van der Waals surface area (Å²) in [5, 5.41) is 18.4. The first-order valence-electron chi connectivity index (χ1n) is 23.9. The summed E-state index contributed by atoms with van der Waals surface area (Å²) in [6, 6.07) is 16.5. The van der Waals surface area contributed by atoms with E-state index in [2.05, 4.69) is 56.8 Å². The van der Waals surface area contributed by atoms with E-state index in [4.69, 9.17) is 17.2 Å². The summed E-state index contributed by atoms with van der Waals surface area (Å²) in [6.45, 7) is 3.38. The van der Waals surface area contributed by atoms with Gasteiger partial charge >= 0.3 is 0 Å². The summed E-state index contributed by atoms with van der Waals surface area (Å²) in [4.78, 5) is 114. The minimum absolute atomic E-state index is 0.00458. The number of amides is 7. The van der Waals surface area contributed by atoms with Crippen LogP contribution in [0.2, 0.25) is 0 Å². The second kappa shape index (κ2) is 25.9. The van der Waals surface area contributed by atoms with Crippen molar-refractivity contribution in [2.45, 2.75) is 108 Å². The van der Waals surface area contributed by atoms with Crippen LogP contribution >= 0.6 is 0 Å². The highest BCUT2D eigenvalue weighted by atomic mass is 16.2. The van der Waals surface area contributed by atoms with Gasteiger partial charge in [-0.1, -0.05) is 86.5 Å². The molecule has 6 atom stereocenters. The third-order valence-electron chi connectivity index (χ3n) is 12.1. The largest absolute Gasteiger partial charge is 0.370 e. The van der Waals surface area contributed by atoms with Gasteiger partial charge < -0.3 is 64.1 Å². The zero-order chi connectivity index (χ0) is 51.6. The number of guanidine groups is 1. The number of nitrogens with two attached hydrogens (primary N) is 3. The predicted molar refractivity (Wildman–Crippen MR) is 272 cm³/mol. The molecule has 72 heavy (non-hydrogen) atoms. The highest BCUT2D eigenvalue weighted by Gasteiger charge is 2.34. The quantitative estimate of drug-likeness (QED) is 0.0199. The van der Waals surface area contributed by atoms with Crippen molar-refractivity contribution in [1.29, 1.82) is 0 Å². The van der Waals surface area contributed by atoms with Crippen LogP contribution in [-0.2, 0) is 59.2 Å². The zero-order valence-corrected chi connectivity index (χ0v) is 40.3. The fraction of sp³-hybridized carbons (Fsp3) is 0.353. The SMILES string of the molecule is CCCC[C@H](NC(C)=O)C(=O)N[C@@H](Cc1c[nH]c2ccccc12)C(=O)N[C@@H](Cc1cnc[nH]1)C(=O)N[C@H](Cc1ccccc1)C(=O)N[C@@H](CCCN=C(N)N)C(=O)N[C@@H](Cc1c[nH]c2ccccc12)C(N)=O. The highest BCUT2D eigenvalue weighted by Crippen LogP contribution is 2.21. The molecule has 6 rings (SSSR count). The van der Waals surface area contributed by atoms with E-state index in [1.54, 1.807) is 42.7 Å². The molecular weight excluding hydrogens is 921 g/mol. The number of aliphatic imine (C=N–C) groups is 1. The fourth-order valence-electron chi connectivity index (χ4n) is 8.41. The number of nitrogens with one attached hydrogen (secondary N) is 9. The molecule has 0 fully saturated rings. The molecule has 0 aliphatic carbocycles. The van der Waals surface area contributed by atoms with Gasteiger partial charge in [0, 0.05) is 85.2 Å². The normalized spacial score (nSPS) is 13.6. The van der Waals surface area contributed by atoms with Gasteiger partial charge in [0.15, 0.2) is 5.96 Å². The number of carbonyl (C=O) groups excluding carboxylic acids is 7. The van der Waals surface area contributed by atoms with Gasteiger partial charge in [0.25, 0.3) is 0 Å². The van der Waals surface area contributed by atoms with E-state index in [0.717, 1.165) is 33.8 Å². The lowest BCUT2D eigenvalue weighted by atomic mass is 10.0. The molecule has 0 saturated heterocycles. The van der Waals surface area contributed by atoms with Crippen molar-refractivity contribution in [2.24, 2.45) is 22.2 Å². The van der Waals surface area contributed by atoms with Crippen LogP contribution in [0.1, 0.15) is 68.3 Å². The Kier molecular flexibility index (Phi) is 19.0. The number of H-pyrrole nitrogens is 3. The number of fused-ring (bicyclic) bond motifs is 2. The second-order valence-corrected chi connectivity index (χ2v) is 17.7. The highest BCUT2D eigenvalue weighted by molar-refractivity contribution is 5.98. The Balaban J connectivity index is 1.27. The van der Waals surface area contributed by atoms with E-state index < -0.39 is 77.6 Å². The molecule has 21 heteroatoms. The van der Waals surface area contributed by atoms with Crippen molar-refractivity contribution in [3.05, 3.63) is 126 Å². The van der Waals surface area contributed by atoms with Crippen molar-refractivity contribution in [3.8, 4) is 0 Å². The molecule has 6 aromatic rings. The number of imidazole rings is 1. The Bertz CT molecular complexity index is 2820. The van der Waals surface area contributed by atoms with Crippen molar-refractivity contribution in [3.63, 3.8) is 0 Å². The molecular formula is C51H64N14O7. The summed E-state index contributed by atoms with van der Waals surface area (Å²) in [7, 11) is 0. The van der Waals surface area contributed by atoms with E-state index in [0.29, 0.717) is 29.7 Å². The molecule has 0 bridgehead atoms. The van der Waals surface area contributed by atoms with Crippen LogP contribution in [0.15, 0.2) is 109 Å². The minimum Gasteiger partial charge on any atom is -0.370 e. The van der Waals surface area contributed by atoms with Gasteiger partial charge in [-0.3, -0.25) is 38.6 Å². The zero-order valence-electron chi connectivity index (χ0n) is 40.3. The number of unbranched alkanes of at least 4 members (excludes halogenated alkanes) is 1. The number of primary amides is 1. The van der Waals surface area contributed by atoms with Crippen LogP contribution in [0.5, 0.6) is 0 Å². The molecule has 7 amide bonds. The standard InChI is InChI=1S/C51H64N14O7/c1-3-4-17-39(60-30(2)66)46(68)64-43(24-33-27-58-38-19-11-9-16-36(33)38)49(71)65-44(25-34-28-55-29-59-34)50(72)63-42(22-31-13-6-5-7-14-31)48(70)61-40(20-12-21-56-51(53)54)47(69)62-41(45(52)67)23-32-26-57-37-18-10-8-15-35(32)37/h5-11,13-16,18-19,26-29,39-44,57-58H,3-4,12,17,20-25H2,1-2H3,(H2,52,67)(H,55,59)(H,60,66)(H,61,70)(H,62,69)(H,63,72)(H,64,68)(H,65,71)(H4,53,54,56)/t39-,40-,41-,42+,43-,44-/m0/s1. The number of para-hydroxylation sites is 2. The van der Waals surface area contributed by atoms with Gasteiger partial charge in [0.05, 0.1) is 6.33 Å². The molecule has 0 unspecified atom stereocenters. The van der Waals surface area contributed by atoms with Crippen LogP contribution in [-0.4, -0.2) is 110 Å². The molecule has 21 nitrogen and oxygen atoms in total. The van der Waals surface area contributed by atoms with Crippen molar-refractivity contribution in [1.82, 2.24) is 51.8 Å². The number of carbonyl (C=O) groups is 7. The number of aromatic nitrogens is 4. The lowest BCUT2D eigenvalue weighted by Crippen LogP contribution is -2.60. The first-order chi connectivity index (χ1) is 34.7. The van der Waals surface area contributed by atoms with E-state index in [9.17, 15) is 33.6 Å². The van der Waals surface area contributed by atoms with Gasteiger partial charge in [0.1, 0.15) is 36.3 Å². The Morgan fingerprint density at radius 2 is 1.03 bits per heavy atom. The predicted octanol–water partition coefficient (Wildman–Crippen LogP) is 1.30. The van der Waals surface area contributed by atoms with Crippen LogP contribution < -0.4 is 49.1 Å². The molecule has 3 heterocycles. The maximum Gasteiger partial charge on any atom is 0.243 e. The van der Waals surface area contributed by atoms with Gasteiger partial charge in [-0.05, 0) is 48.1 Å². The number of rotatable bonds is 27. The average molecular weight is 985 g/mol. The van der Waals surface area contributed by atoms with Crippen LogP contribution in [0.3, 0.4) is 0 Å². The molecule has 0 radical (unpaired) electrons. The van der Waals surface area contributed by atoms with E-state index in [-0.39, 0.29) is 51.0 Å². The van der Waals surface area contributed by atoms with E-state index >= 15 is 0 Å². The molecule has 0 aliphatic rings. The minimum atomic E-state index is -1.35. The van der Waals surface area contributed by atoms with Crippen LogP contribution in [0.4, 0.5) is 0 Å². The fourth-order valence-corrected chi connectivity index (χ4v) is 8.41. The Hall–Kier alpha value is -8.49. The number of hydrogen-bond acceptors (Lipinski definition) is 9. The van der Waals surface area contributed by atoms with Gasteiger partial charge in [-0.2, -0.15) is 0 Å². The lowest BCUT2D eigenvalue weighted by molar-refractivity contribution is -0.135. The average Bonchev–Trinajstić information content (AvgIpc) is 4.14. The number of benzene rings is 3. The van der Waals surface area contributed by atoms with Crippen molar-refractivity contribution < 1.29 is 33.6 Å². The molecule has 0 spiro atoms. The third kappa shape index (κ3) is 15.3. The summed E-state index contributed by atoms with van der Waals surface area (Å²) in [6.07, 6.45) is 8.24. The number of nitrogens with zero attached hydrogens (tertiary/aromatic N) is 2. The Morgan fingerprint density at radius 1 is 0.556 bits per heavy atom. The maximum atomic E-state index is 14.7. The van der Waals surface area contributed by atoms with Crippen LogP contribution in [0.25, 0.3) is 21.8 Å². The van der Waals surface area contributed by atoms with E-state index in [1.165, 1.54) is 19.4 Å². The van der Waals surface area contributed by atoms with Crippen molar-refractivity contribution in [2.75, 3.05) is 6.54 Å². The van der Waals surface area contributed by atoms with Gasteiger partial charge in [0.2, 0.25) is 41.4 Å². The molecule has 15 N–H and O–H groups in total. The topological polar surface area (TPSA) is 342 Å². The molecule has 0 aliphatic heterocycles. The van der Waals surface area contributed by atoms with Crippen LogP contribution in [0, 0.1) is 0 Å². The lowest BCUT2D eigenvalue weighted by Gasteiger charge is -2.27. The molecule has 380 valence electrons. The third-order valence-corrected chi connectivity index (χ3v) is 12.1. The Labute approximate surface area is 416 Å². The monoisotopic (exact) mass is 985 g/mol. The summed E-state index contributed by atoms with van der Waals surface area (Å²) in [5.74, 6) is -4.92. The maximum absolute atomic E-state index is 14.7. The summed E-state index contributed by atoms with van der Waals surface area (Å²) in [5.41, 5.74) is 21.2. The summed E-state index contributed by atoms with van der Waals surface area (Å²) < 4.78 is 0. The molecule has 3 aromatic heterocycles. The Morgan fingerprint density at radius 3 is 1.56 bits per heavy atom. The first-order valence-corrected chi connectivity index (χ1v) is 23.9. The van der Waals surface area contributed by atoms with E-state index in [1.807, 2.05) is 55.5 Å².